The minimum Gasteiger partial charge on any atom is -0.402 e. The lowest BCUT2D eigenvalue weighted by Crippen LogP contribution is -2.48. The van der Waals surface area contributed by atoms with Crippen LogP contribution in [0.25, 0.3) is 11.0 Å². The first-order valence-corrected chi connectivity index (χ1v) is 14.4. The Bertz CT molecular complexity index is 1440. The van der Waals surface area contributed by atoms with Gasteiger partial charge in [0.05, 0.1) is 22.3 Å². The first-order chi connectivity index (χ1) is 20.1. The molecular formula is C31H38F3N7O. The zero-order valence-corrected chi connectivity index (χ0v) is 24.1. The number of hydrogen-bond donors (Lipinski definition) is 2. The van der Waals surface area contributed by atoms with Crippen molar-refractivity contribution in [3.8, 4) is 0 Å². The molecule has 0 spiro atoms. The summed E-state index contributed by atoms with van der Waals surface area (Å²) in [5, 5.41) is 0. The number of nitrogens with zero attached hydrogens (tertiary/aromatic N) is 5. The third-order valence-corrected chi connectivity index (χ3v) is 8.18. The highest BCUT2D eigenvalue weighted by Gasteiger charge is 2.30. The van der Waals surface area contributed by atoms with Gasteiger partial charge in [-0.3, -0.25) is 19.6 Å². The summed E-state index contributed by atoms with van der Waals surface area (Å²) in [5.41, 5.74) is 10.6. The highest BCUT2D eigenvalue weighted by molar-refractivity contribution is 5.97. The molecule has 2 aliphatic heterocycles. The maximum absolute atomic E-state index is 13.2. The van der Waals surface area contributed by atoms with Gasteiger partial charge in [-0.1, -0.05) is 18.2 Å². The maximum atomic E-state index is 13.2. The van der Waals surface area contributed by atoms with Crippen LogP contribution in [0, 0.1) is 0 Å². The Morgan fingerprint density at radius 2 is 1.74 bits per heavy atom. The third kappa shape index (κ3) is 7.19. The molecule has 0 unspecified atom stereocenters. The van der Waals surface area contributed by atoms with Crippen molar-refractivity contribution < 1.29 is 18.0 Å². The molecule has 2 aliphatic rings. The topological polar surface area (TPSA) is 93.8 Å². The number of fused-ring (bicyclic) bond motifs is 1. The number of piperazine rings is 1. The zero-order chi connectivity index (χ0) is 29.9. The van der Waals surface area contributed by atoms with Crippen molar-refractivity contribution in [2.24, 2.45) is 10.7 Å². The largest absolute Gasteiger partial charge is 0.416 e. The van der Waals surface area contributed by atoms with Crippen LogP contribution in [0.2, 0.25) is 0 Å². The molecule has 0 atom stereocenters. The molecule has 2 fully saturated rings. The van der Waals surface area contributed by atoms with Crippen molar-refractivity contribution in [2.75, 3.05) is 52.9 Å². The predicted molar refractivity (Wildman–Crippen MR) is 158 cm³/mol. The van der Waals surface area contributed by atoms with E-state index < -0.39 is 11.7 Å². The number of hydrogen-bond acceptors (Lipinski definition) is 6. The number of aliphatic imine (C=N–C) groups is 1. The smallest absolute Gasteiger partial charge is 0.402 e. The van der Waals surface area contributed by atoms with Crippen molar-refractivity contribution in [2.45, 2.75) is 38.4 Å². The van der Waals surface area contributed by atoms with E-state index in [9.17, 15) is 18.0 Å². The van der Waals surface area contributed by atoms with E-state index in [1.54, 1.807) is 11.9 Å². The molecule has 11 heteroatoms. The van der Waals surface area contributed by atoms with Crippen LogP contribution < -0.4 is 5.73 Å². The summed E-state index contributed by atoms with van der Waals surface area (Å²) < 4.78 is 38.5. The highest BCUT2D eigenvalue weighted by atomic mass is 19.4. The molecule has 1 aromatic heterocycles. The Hall–Kier alpha value is -3.70. The standard InChI is InChI=1S/C31H38F3N7O/c1-21(35)17-26(36-2)20-39-11-9-23(10-12-39)24-5-8-27-28(18-24)38-29(37-27)30(42)41-15-13-40(14-16-41)19-22-3-6-25(7-4-22)31(32,33)34/h3-8,17-18,23H,9-16,19-20,35H2,1-2H3,(H,37,38). The van der Waals surface area contributed by atoms with Crippen LogP contribution in [-0.4, -0.2) is 89.1 Å². The van der Waals surface area contributed by atoms with Crippen LogP contribution in [-0.2, 0) is 12.7 Å². The summed E-state index contributed by atoms with van der Waals surface area (Å²) in [6.45, 7) is 7.53. The fraction of sp³-hybridized carbons (Fsp3) is 0.452. The summed E-state index contributed by atoms with van der Waals surface area (Å²) in [4.78, 5) is 31.8. The molecule has 224 valence electrons. The van der Waals surface area contributed by atoms with Gasteiger partial charge in [-0.25, -0.2) is 4.98 Å². The number of aromatic amines is 1. The molecular weight excluding hydrogens is 543 g/mol. The average molecular weight is 582 g/mol. The maximum Gasteiger partial charge on any atom is 0.416 e. The van der Waals surface area contributed by atoms with E-state index in [1.165, 1.54) is 17.7 Å². The predicted octanol–water partition coefficient (Wildman–Crippen LogP) is 4.65. The van der Waals surface area contributed by atoms with Gasteiger partial charge in [0, 0.05) is 52.0 Å². The molecule has 3 aromatic rings. The summed E-state index contributed by atoms with van der Waals surface area (Å²) in [6, 6.07) is 11.5. The molecule has 0 aliphatic carbocycles. The van der Waals surface area contributed by atoms with Crippen LogP contribution in [0.1, 0.15) is 53.0 Å². The van der Waals surface area contributed by atoms with Crippen molar-refractivity contribution in [3.05, 3.63) is 76.8 Å². The number of piperidine rings is 1. The number of benzene rings is 2. The number of H-pyrrole nitrogens is 1. The Balaban J connectivity index is 1.14. The molecule has 3 N–H and O–H groups in total. The number of halogens is 3. The number of allylic oxidation sites excluding steroid dienone is 1. The molecule has 0 bridgehead atoms. The van der Waals surface area contributed by atoms with E-state index >= 15 is 0 Å². The quantitative estimate of drug-likeness (QED) is 0.396. The van der Waals surface area contributed by atoms with Gasteiger partial charge in [-0.15, -0.1) is 0 Å². The second kappa shape index (κ2) is 12.7. The van der Waals surface area contributed by atoms with Gasteiger partial charge in [-0.05, 0) is 80.2 Å². The minimum absolute atomic E-state index is 0.134. The summed E-state index contributed by atoms with van der Waals surface area (Å²) in [6.07, 6.45) is -0.313. The first kappa shape index (κ1) is 29.8. The number of nitrogens with two attached hydrogens (primary N) is 1. The number of alkyl halides is 3. The van der Waals surface area contributed by atoms with E-state index in [-0.39, 0.29) is 5.91 Å². The molecule has 8 nitrogen and oxygen atoms in total. The molecule has 3 heterocycles. The number of imidazole rings is 1. The summed E-state index contributed by atoms with van der Waals surface area (Å²) in [5.74, 6) is 0.646. The number of rotatable bonds is 7. The number of nitrogens with one attached hydrogen (secondary N) is 1. The minimum atomic E-state index is -4.34. The van der Waals surface area contributed by atoms with Crippen LogP contribution in [0.4, 0.5) is 13.2 Å². The van der Waals surface area contributed by atoms with Crippen LogP contribution >= 0.6 is 0 Å². The molecule has 42 heavy (non-hydrogen) atoms. The van der Waals surface area contributed by atoms with Gasteiger partial charge in [0.2, 0.25) is 0 Å². The van der Waals surface area contributed by atoms with Crippen LogP contribution in [0.5, 0.6) is 0 Å². The number of carbonyl (C=O) groups is 1. The lowest BCUT2D eigenvalue weighted by atomic mass is 9.89. The van der Waals surface area contributed by atoms with E-state index in [1.807, 2.05) is 19.1 Å². The molecule has 2 saturated heterocycles. The fourth-order valence-corrected chi connectivity index (χ4v) is 5.80. The normalized spacial score (nSPS) is 18.6. The number of likely N-dealkylation sites (tertiary alicyclic amines) is 1. The van der Waals surface area contributed by atoms with Crippen molar-refractivity contribution >= 4 is 22.7 Å². The van der Waals surface area contributed by atoms with Gasteiger partial charge in [0.15, 0.2) is 5.82 Å². The average Bonchev–Trinajstić information content (AvgIpc) is 3.40. The molecule has 2 aromatic carbocycles. The van der Waals surface area contributed by atoms with E-state index in [0.29, 0.717) is 44.5 Å². The van der Waals surface area contributed by atoms with Gasteiger partial charge in [0.25, 0.3) is 5.91 Å². The zero-order valence-electron chi connectivity index (χ0n) is 24.1. The first-order valence-electron chi connectivity index (χ1n) is 14.4. The van der Waals surface area contributed by atoms with Crippen molar-refractivity contribution in [3.63, 3.8) is 0 Å². The SMILES string of the molecule is CN=C(C=C(C)N)CN1CCC(c2ccc3nc(C(=O)N4CCN(Cc5ccc(C(F)(F)F)cc5)CC4)[nH]c3c2)CC1. The molecule has 0 saturated carbocycles. The second-order valence-electron chi connectivity index (χ2n) is 11.3. The lowest BCUT2D eigenvalue weighted by molar-refractivity contribution is -0.137. The Kier molecular flexibility index (Phi) is 8.98. The molecule has 0 radical (unpaired) electrons. The van der Waals surface area contributed by atoms with Gasteiger partial charge >= 0.3 is 6.18 Å². The van der Waals surface area contributed by atoms with Gasteiger partial charge in [0.1, 0.15) is 0 Å². The van der Waals surface area contributed by atoms with Gasteiger partial charge < -0.3 is 15.6 Å². The summed E-state index contributed by atoms with van der Waals surface area (Å²) in [7, 11) is 1.80. The van der Waals surface area contributed by atoms with E-state index in [2.05, 4.69) is 36.9 Å². The van der Waals surface area contributed by atoms with E-state index in [0.717, 1.165) is 72.6 Å². The third-order valence-electron chi connectivity index (χ3n) is 8.18. The fourth-order valence-electron chi connectivity index (χ4n) is 5.80. The second-order valence-corrected chi connectivity index (χ2v) is 11.3. The number of aromatic nitrogens is 2. The number of carbonyl (C=O) groups excluding carboxylic acids is 1. The lowest BCUT2D eigenvalue weighted by Gasteiger charge is -2.34. The van der Waals surface area contributed by atoms with E-state index in [4.69, 9.17) is 5.73 Å². The Morgan fingerprint density at radius 1 is 1.05 bits per heavy atom. The number of amides is 1. The highest BCUT2D eigenvalue weighted by Crippen LogP contribution is 2.31. The van der Waals surface area contributed by atoms with Gasteiger partial charge in [-0.2, -0.15) is 13.2 Å². The molecule has 1 amide bonds. The van der Waals surface area contributed by atoms with Crippen molar-refractivity contribution in [1.82, 2.24) is 24.7 Å². The Labute approximate surface area is 244 Å². The Morgan fingerprint density at radius 3 is 2.36 bits per heavy atom. The van der Waals surface area contributed by atoms with Crippen LogP contribution in [0.15, 0.2) is 59.2 Å². The van der Waals surface area contributed by atoms with Crippen LogP contribution in [0.3, 0.4) is 0 Å². The summed E-state index contributed by atoms with van der Waals surface area (Å²) >= 11 is 0. The molecule has 5 rings (SSSR count). The van der Waals surface area contributed by atoms with Crippen molar-refractivity contribution in [1.29, 1.82) is 0 Å². The monoisotopic (exact) mass is 581 g/mol.